The molecule has 2 aromatic rings. The Morgan fingerprint density at radius 3 is 2.45 bits per heavy atom. The van der Waals surface area contributed by atoms with E-state index in [0.29, 0.717) is 12.0 Å². The van der Waals surface area contributed by atoms with E-state index in [2.05, 4.69) is 55.3 Å². The molecule has 5 heteroatoms. The molecule has 0 saturated carbocycles. The highest BCUT2D eigenvalue weighted by molar-refractivity contribution is 5.03. The maximum absolute atomic E-state index is 4.56. The Hall–Kier alpha value is -1.62. The molecule has 0 spiro atoms. The van der Waals surface area contributed by atoms with Gasteiger partial charge in [-0.2, -0.15) is 10.2 Å². The summed E-state index contributed by atoms with van der Waals surface area (Å²) in [4.78, 5) is 0. The molecule has 2 rings (SSSR count). The summed E-state index contributed by atoms with van der Waals surface area (Å²) < 4.78 is 3.92. The van der Waals surface area contributed by atoms with Crippen molar-refractivity contribution in [3.05, 3.63) is 35.9 Å². The van der Waals surface area contributed by atoms with Gasteiger partial charge in [-0.15, -0.1) is 0 Å². The summed E-state index contributed by atoms with van der Waals surface area (Å²) in [6.07, 6.45) is 4.04. The van der Waals surface area contributed by atoms with Crippen molar-refractivity contribution in [1.29, 1.82) is 0 Å². The fourth-order valence-electron chi connectivity index (χ4n) is 1.99. The molecule has 110 valence electrons. The van der Waals surface area contributed by atoms with Crippen molar-refractivity contribution in [1.82, 2.24) is 24.9 Å². The van der Waals surface area contributed by atoms with Crippen molar-refractivity contribution in [3.8, 4) is 0 Å². The average Bonchev–Trinajstić information content (AvgIpc) is 2.99. The minimum absolute atomic E-state index is 0.400. The molecule has 0 aromatic carbocycles. The molecule has 0 atom stereocenters. The molecule has 0 unspecified atom stereocenters. The van der Waals surface area contributed by atoms with Crippen LogP contribution in [0, 0.1) is 5.92 Å². The van der Waals surface area contributed by atoms with Crippen LogP contribution in [0.25, 0.3) is 0 Å². The van der Waals surface area contributed by atoms with Crippen LogP contribution in [0.2, 0.25) is 0 Å². The summed E-state index contributed by atoms with van der Waals surface area (Å²) in [6.45, 7) is 11.2. The molecule has 0 fully saturated rings. The van der Waals surface area contributed by atoms with Gasteiger partial charge >= 0.3 is 0 Å². The van der Waals surface area contributed by atoms with Gasteiger partial charge in [-0.25, -0.2) is 0 Å². The lowest BCUT2D eigenvalue weighted by molar-refractivity contribution is 0.518. The van der Waals surface area contributed by atoms with Crippen molar-refractivity contribution in [2.75, 3.05) is 6.54 Å². The second kappa shape index (κ2) is 6.70. The first-order valence-corrected chi connectivity index (χ1v) is 7.31. The van der Waals surface area contributed by atoms with Gasteiger partial charge in [0.05, 0.1) is 17.9 Å². The molecule has 5 nitrogen and oxygen atoms in total. The molecular weight excluding hydrogens is 250 g/mol. The van der Waals surface area contributed by atoms with Crippen molar-refractivity contribution in [2.45, 2.75) is 46.8 Å². The summed E-state index contributed by atoms with van der Waals surface area (Å²) in [6, 6.07) is 4.52. The molecule has 20 heavy (non-hydrogen) atoms. The lowest BCUT2D eigenvalue weighted by Gasteiger charge is -2.05. The van der Waals surface area contributed by atoms with Gasteiger partial charge < -0.3 is 5.32 Å². The standard InChI is InChI=1S/C15H25N5/c1-12(2)9-16-10-14-5-7-19(17-14)11-15-6-8-20(18-15)13(3)4/h5-8,12-13,16H,9-11H2,1-4H3. The third-order valence-electron chi connectivity index (χ3n) is 3.07. The van der Waals surface area contributed by atoms with Gasteiger partial charge in [0, 0.05) is 25.0 Å². The average molecular weight is 275 g/mol. The third kappa shape index (κ3) is 4.20. The topological polar surface area (TPSA) is 47.7 Å². The van der Waals surface area contributed by atoms with E-state index in [1.54, 1.807) is 0 Å². The zero-order valence-corrected chi connectivity index (χ0v) is 12.9. The van der Waals surface area contributed by atoms with Crippen LogP contribution in [-0.4, -0.2) is 26.1 Å². The molecular formula is C15H25N5. The van der Waals surface area contributed by atoms with Crippen molar-refractivity contribution < 1.29 is 0 Å². The second-order valence-corrected chi connectivity index (χ2v) is 5.91. The number of aromatic nitrogens is 4. The molecule has 2 aromatic heterocycles. The van der Waals surface area contributed by atoms with Crippen LogP contribution in [0.3, 0.4) is 0 Å². The zero-order valence-electron chi connectivity index (χ0n) is 12.9. The summed E-state index contributed by atoms with van der Waals surface area (Å²) >= 11 is 0. The number of hydrogen-bond acceptors (Lipinski definition) is 3. The van der Waals surface area contributed by atoms with Gasteiger partial charge in [0.2, 0.25) is 0 Å². The van der Waals surface area contributed by atoms with E-state index in [4.69, 9.17) is 0 Å². The maximum Gasteiger partial charge on any atom is 0.0849 e. The predicted octanol–water partition coefficient (Wildman–Crippen LogP) is 2.45. The molecule has 0 saturated heterocycles. The predicted molar refractivity (Wildman–Crippen MR) is 80.5 cm³/mol. The van der Waals surface area contributed by atoms with Crippen LogP contribution < -0.4 is 5.32 Å². The summed E-state index contributed by atoms with van der Waals surface area (Å²) in [5, 5.41) is 12.5. The van der Waals surface area contributed by atoms with Crippen molar-refractivity contribution >= 4 is 0 Å². The third-order valence-corrected chi connectivity index (χ3v) is 3.07. The van der Waals surface area contributed by atoms with Gasteiger partial charge in [0.25, 0.3) is 0 Å². The van der Waals surface area contributed by atoms with Crippen molar-refractivity contribution in [2.24, 2.45) is 5.92 Å². The Labute approximate surface area is 121 Å². The SMILES string of the molecule is CC(C)CNCc1ccn(Cc2ccn(C(C)C)n2)n1. The first-order valence-electron chi connectivity index (χ1n) is 7.31. The monoisotopic (exact) mass is 275 g/mol. The normalized spacial score (nSPS) is 11.7. The molecule has 0 aliphatic heterocycles. The Balaban J connectivity index is 1.88. The molecule has 0 aliphatic rings. The van der Waals surface area contributed by atoms with Gasteiger partial charge in [0.1, 0.15) is 0 Å². The Kier molecular flexibility index (Phi) is 4.95. The smallest absolute Gasteiger partial charge is 0.0849 e. The lowest BCUT2D eigenvalue weighted by Crippen LogP contribution is -2.19. The van der Waals surface area contributed by atoms with Gasteiger partial charge in [-0.05, 0) is 38.4 Å². The molecule has 0 amide bonds. The van der Waals surface area contributed by atoms with Gasteiger partial charge in [0.15, 0.2) is 0 Å². The van der Waals surface area contributed by atoms with E-state index in [9.17, 15) is 0 Å². The molecule has 2 heterocycles. The number of hydrogen-bond donors (Lipinski definition) is 1. The number of nitrogens with one attached hydrogen (secondary N) is 1. The minimum Gasteiger partial charge on any atom is -0.311 e. The fraction of sp³-hybridized carbons (Fsp3) is 0.600. The van der Waals surface area contributed by atoms with E-state index >= 15 is 0 Å². The molecule has 1 N–H and O–H groups in total. The molecule has 0 bridgehead atoms. The summed E-state index contributed by atoms with van der Waals surface area (Å²) in [7, 11) is 0. The highest BCUT2D eigenvalue weighted by Gasteiger charge is 2.04. The van der Waals surface area contributed by atoms with Gasteiger partial charge in [-0.1, -0.05) is 13.8 Å². The molecule has 0 aliphatic carbocycles. The fourth-order valence-corrected chi connectivity index (χ4v) is 1.99. The number of nitrogens with zero attached hydrogens (tertiary/aromatic N) is 4. The van der Waals surface area contributed by atoms with Crippen LogP contribution in [0.15, 0.2) is 24.5 Å². The summed E-state index contributed by atoms with van der Waals surface area (Å²) in [5.41, 5.74) is 2.12. The van der Waals surface area contributed by atoms with Crippen LogP contribution >= 0.6 is 0 Å². The van der Waals surface area contributed by atoms with Crippen LogP contribution in [0.4, 0.5) is 0 Å². The highest BCUT2D eigenvalue weighted by atomic mass is 15.3. The Bertz CT molecular complexity index is 524. The second-order valence-electron chi connectivity index (χ2n) is 5.91. The van der Waals surface area contributed by atoms with E-state index < -0.39 is 0 Å². The van der Waals surface area contributed by atoms with Gasteiger partial charge in [-0.3, -0.25) is 9.36 Å². The Morgan fingerprint density at radius 1 is 1.05 bits per heavy atom. The van der Waals surface area contributed by atoms with Crippen LogP contribution in [0.5, 0.6) is 0 Å². The first-order chi connectivity index (χ1) is 9.54. The summed E-state index contributed by atoms with van der Waals surface area (Å²) in [5.74, 6) is 0.664. The Morgan fingerprint density at radius 2 is 1.80 bits per heavy atom. The van der Waals surface area contributed by atoms with Crippen molar-refractivity contribution in [3.63, 3.8) is 0 Å². The first kappa shape index (κ1) is 14.8. The van der Waals surface area contributed by atoms with E-state index in [0.717, 1.165) is 31.0 Å². The number of rotatable bonds is 7. The van der Waals surface area contributed by atoms with E-state index in [-0.39, 0.29) is 0 Å². The van der Waals surface area contributed by atoms with E-state index in [1.807, 2.05) is 21.8 Å². The lowest BCUT2D eigenvalue weighted by atomic mass is 10.2. The highest BCUT2D eigenvalue weighted by Crippen LogP contribution is 2.06. The maximum atomic E-state index is 4.56. The largest absolute Gasteiger partial charge is 0.311 e. The van der Waals surface area contributed by atoms with Crippen LogP contribution in [-0.2, 0) is 13.1 Å². The van der Waals surface area contributed by atoms with E-state index in [1.165, 1.54) is 0 Å². The quantitative estimate of drug-likeness (QED) is 0.844. The molecule has 0 radical (unpaired) electrons. The minimum atomic E-state index is 0.400. The van der Waals surface area contributed by atoms with Crippen LogP contribution in [0.1, 0.15) is 45.1 Å². The zero-order chi connectivity index (χ0) is 14.5.